The first kappa shape index (κ1) is 15.7. The first-order valence-electron chi connectivity index (χ1n) is 0.773. The van der Waals surface area contributed by atoms with Crippen LogP contribution in [0.4, 0.5) is 0 Å². The van der Waals surface area contributed by atoms with Gasteiger partial charge in [0.05, 0.1) is 0 Å². The molecule has 0 aromatic carbocycles. The summed E-state index contributed by atoms with van der Waals surface area (Å²) in [5.74, 6) is 0. The Hall–Kier alpha value is 1.30. The molecule has 0 atom stereocenters. The normalized spacial score (nSPS) is 4.17. The zero-order valence-electron chi connectivity index (χ0n) is 3.08. The van der Waals surface area contributed by atoms with Gasteiger partial charge >= 0.3 is 31.0 Å². The molecule has 0 aliphatic carbocycles. The first-order chi connectivity index (χ1) is 1.91. The van der Waals surface area contributed by atoms with E-state index >= 15 is 0 Å². The van der Waals surface area contributed by atoms with Crippen molar-refractivity contribution in [3.05, 3.63) is 0 Å². The van der Waals surface area contributed by atoms with Crippen molar-refractivity contribution in [1.82, 2.24) is 0 Å². The van der Waals surface area contributed by atoms with E-state index in [1.807, 2.05) is 0 Å². The quantitative estimate of drug-likeness (QED) is 0.706. The maximum absolute atomic E-state index is 9.17. The average molecular weight is 260 g/mol. The standard InChI is InChI=1S/CH3O.2BrH.O.V/c1-2;;;;/h1H3;2*1H;;/q-1;;;;+1. The molecular weight excluding hydrogens is 255 g/mol. The van der Waals surface area contributed by atoms with Gasteiger partial charge in [0.1, 0.15) is 0 Å². The molecule has 0 spiro atoms. The molecular formula is CH5Br2O2V. The number of rotatable bonds is 1. The Morgan fingerprint density at radius 1 is 1.50 bits per heavy atom. The third kappa shape index (κ3) is 18.5. The molecule has 0 radical (unpaired) electrons. The zero-order valence-corrected chi connectivity index (χ0v) is 7.90. The summed E-state index contributed by atoms with van der Waals surface area (Å²) in [7, 11) is 1.41. The van der Waals surface area contributed by atoms with Crippen LogP contribution >= 0.6 is 34.0 Å². The SMILES string of the molecule is Br.Br.C[O][V]=[O]. The molecule has 0 heterocycles. The van der Waals surface area contributed by atoms with Crippen LogP contribution in [0.15, 0.2) is 0 Å². The minimum absolute atomic E-state index is 0. The Balaban J connectivity index is -0.0000000450. The molecule has 0 rings (SSSR count). The van der Waals surface area contributed by atoms with E-state index in [4.69, 9.17) is 0 Å². The zero-order chi connectivity index (χ0) is 3.41. The van der Waals surface area contributed by atoms with Crippen LogP contribution in [0.2, 0.25) is 0 Å². The Bertz CT molecular complexity index is 25.5. The molecule has 0 saturated heterocycles. The van der Waals surface area contributed by atoms with Crippen molar-refractivity contribution in [3.63, 3.8) is 0 Å². The third-order valence-electron chi connectivity index (χ3n) is 0.0745. The van der Waals surface area contributed by atoms with Crippen LogP contribution in [0.5, 0.6) is 0 Å². The van der Waals surface area contributed by atoms with Gasteiger partial charge in [0.15, 0.2) is 0 Å². The van der Waals surface area contributed by atoms with E-state index in [1.54, 1.807) is 0 Å². The third-order valence-corrected chi connectivity index (χ3v) is 0.307. The van der Waals surface area contributed by atoms with Crippen molar-refractivity contribution >= 4 is 34.0 Å². The van der Waals surface area contributed by atoms with Crippen molar-refractivity contribution in [1.29, 1.82) is 0 Å². The molecule has 0 unspecified atom stereocenters. The van der Waals surface area contributed by atoms with Crippen LogP contribution in [0.25, 0.3) is 0 Å². The van der Waals surface area contributed by atoms with Crippen LogP contribution in [0.1, 0.15) is 0 Å². The van der Waals surface area contributed by atoms with E-state index in [0.717, 1.165) is 0 Å². The molecule has 40 valence electrons. The van der Waals surface area contributed by atoms with Gasteiger partial charge in [-0.1, -0.05) is 0 Å². The fourth-order valence-corrected chi connectivity index (χ4v) is 0. The van der Waals surface area contributed by atoms with E-state index < -0.39 is 16.6 Å². The fraction of sp³-hybridized carbons (Fsp3) is 1.00. The van der Waals surface area contributed by atoms with Gasteiger partial charge in [-0.15, -0.1) is 34.0 Å². The molecule has 0 saturated carbocycles. The molecule has 5 heteroatoms. The average Bonchev–Trinajstić information content (AvgIpc) is 1.37. The van der Waals surface area contributed by atoms with Crippen LogP contribution in [-0.4, -0.2) is 7.11 Å². The minimum atomic E-state index is -1.03. The number of hydrogen-bond acceptors (Lipinski definition) is 2. The fourth-order valence-electron chi connectivity index (χ4n) is 0. The molecule has 0 aromatic rings. The number of halogens is 2. The van der Waals surface area contributed by atoms with Gasteiger partial charge in [-0.05, 0) is 0 Å². The summed E-state index contributed by atoms with van der Waals surface area (Å²) in [6, 6.07) is 0. The summed E-state index contributed by atoms with van der Waals surface area (Å²) < 4.78 is 13.2. The van der Waals surface area contributed by atoms with Gasteiger partial charge in [-0.2, -0.15) is 0 Å². The van der Waals surface area contributed by atoms with Gasteiger partial charge < -0.3 is 0 Å². The van der Waals surface area contributed by atoms with Crippen molar-refractivity contribution in [2.45, 2.75) is 0 Å². The second kappa shape index (κ2) is 16.2. The summed E-state index contributed by atoms with van der Waals surface area (Å²) in [4.78, 5) is 0. The Morgan fingerprint density at radius 2 is 1.67 bits per heavy atom. The molecule has 6 heavy (non-hydrogen) atoms. The van der Waals surface area contributed by atoms with Crippen molar-refractivity contribution in [3.8, 4) is 0 Å². The predicted octanol–water partition coefficient (Wildman–Crippen LogP) is 1.13. The van der Waals surface area contributed by atoms with E-state index in [9.17, 15) is 3.67 Å². The van der Waals surface area contributed by atoms with E-state index in [1.165, 1.54) is 7.11 Å². The second-order valence-electron chi connectivity index (χ2n) is 0.257. The van der Waals surface area contributed by atoms with Gasteiger partial charge in [0.25, 0.3) is 0 Å². The Morgan fingerprint density at radius 3 is 1.67 bits per heavy atom. The van der Waals surface area contributed by atoms with Crippen LogP contribution < -0.4 is 0 Å². The van der Waals surface area contributed by atoms with Crippen molar-refractivity contribution in [2.24, 2.45) is 0 Å². The molecule has 0 N–H and O–H groups in total. The maximum atomic E-state index is 9.17. The van der Waals surface area contributed by atoms with E-state index in [-0.39, 0.29) is 34.0 Å². The molecule has 0 aromatic heterocycles. The summed E-state index contributed by atoms with van der Waals surface area (Å²) >= 11 is -1.03. The summed E-state index contributed by atoms with van der Waals surface area (Å²) in [6.07, 6.45) is 0. The van der Waals surface area contributed by atoms with Gasteiger partial charge in [0, 0.05) is 0 Å². The molecule has 0 aliphatic rings. The van der Waals surface area contributed by atoms with Crippen molar-refractivity contribution < 1.29 is 23.9 Å². The van der Waals surface area contributed by atoms with Crippen molar-refractivity contribution in [2.75, 3.05) is 7.11 Å². The molecule has 0 fully saturated rings. The van der Waals surface area contributed by atoms with Gasteiger partial charge in [-0.25, -0.2) is 0 Å². The van der Waals surface area contributed by atoms with Gasteiger partial charge in [0.2, 0.25) is 0 Å². The van der Waals surface area contributed by atoms with Crippen LogP contribution in [0.3, 0.4) is 0 Å². The van der Waals surface area contributed by atoms with Crippen LogP contribution in [0, 0.1) is 0 Å². The topological polar surface area (TPSA) is 26.3 Å². The second-order valence-corrected chi connectivity index (χ2v) is 1.06. The molecule has 0 aliphatic heterocycles. The number of hydrogen-bond donors (Lipinski definition) is 0. The van der Waals surface area contributed by atoms with E-state index in [2.05, 4.69) is 3.66 Å². The molecule has 2 nitrogen and oxygen atoms in total. The summed E-state index contributed by atoms with van der Waals surface area (Å²) in [5, 5.41) is 0. The van der Waals surface area contributed by atoms with E-state index in [0.29, 0.717) is 0 Å². The van der Waals surface area contributed by atoms with Gasteiger partial charge in [-0.3, -0.25) is 0 Å². The predicted molar refractivity (Wildman–Crippen MR) is 28.3 cm³/mol. The summed E-state index contributed by atoms with van der Waals surface area (Å²) in [5.41, 5.74) is 0. The Labute approximate surface area is 64.8 Å². The van der Waals surface area contributed by atoms with Crippen LogP contribution in [-0.2, 0) is 23.9 Å². The Kier molecular flexibility index (Phi) is 42.4. The molecule has 0 amide bonds. The molecule has 0 bridgehead atoms. The monoisotopic (exact) mass is 258 g/mol. The summed E-state index contributed by atoms with van der Waals surface area (Å²) in [6.45, 7) is 0. The first-order valence-corrected chi connectivity index (χ1v) is 1.91.